The first-order valence-electron chi connectivity index (χ1n) is 1.39. The van der Waals surface area contributed by atoms with Crippen molar-refractivity contribution in [2.75, 3.05) is 5.75 Å². The van der Waals surface area contributed by atoms with Crippen molar-refractivity contribution < 1.29 is 0 Å². The molecule has 0 heterocycles. The second-order valence-electron chi connectivity index (χ2n) is 0.653. The molecular formula is C2H6IPS. The van der Waals surface area contributed by atoms with Crippen LogP contribution >= 0.6 is 36.1 Å². The number of rotatable bonds is 0. The van der Waals surface area contributed by atoms with E-state index in [0.717, 1.165) is 0 Å². The molecule has 0 radical (unpaired) electrons. The van der Waals surface area contributed by atoms with Gasteiger partial charge in [-0.25, -0.2) is 0 Å². The van der Waals surface area contributed by atoms with Crippen LogP contribution in [0.4, 0.5) is 0 Å². The van der Waals surface area contributed by atoms with Crippen molar-refractivity contribution in [2.45, 2.75) is 6.92 Å². The molecule has 5 heavy (non-hydrogen) atoms. The van der Waals surface area contributed by atoms with Crippen LogP contribution in [0.3, 0.4) is 0 Å². The summed E-state index contributed by atoms with van der Waals surface area (Å²) in [6.07, 6.45) is 0. The number of thiol groups is 1. The van der Waals surface area contributed by atoms with Crippen LogP contribution in [0.25, 0.3) is 0 Å². The Bertz CT molecular complexity index is 71.5. The van der Waals surface area contributed by atoms with Gasteiger partial charge in [0, 0.05) is 0 Å². The Morgan fingerprint density at radius 1 is 2.00 bits per heavy atom. The SMILES string of the molecule is CC[SH](#P)I. The molecule has 0 saturated carbocycles. The molecule has 0 aromatic carbocycles. The van der Waals surface area contributed by atoms with Gasteiger partial charge < -0.3 is 0 Å². The fraction of sp³-hybridized carbons (Fsp3) is 1.00. The van der Waals surface area contributed by atoms with Crippen LogP contribution in [0.5, 0.6) is 0 Å². The van der Waals surface area contributed by atoms with Gasteiger partial charge in [0.15, 0.2) is 0 Å². The van der Waals surface area contributed by atoms with Crippen molar-refractivity contribution in [2.24, 2.45) is 0 Å². The maximum absolute atomic E-state index is 4.15. The van der Waals surface area contributed by atoms with Gasteiger partial charge in [0.1, 0.15) is 0 Å². The topological polar surface area (TPSA) is 0 Å². The molecule has 0 N–H and O–H groups in total. The van der Waals surface area contributed by atoms with E-state index in [0.29, 0.717) is 0 Å². The normalized spacial score (nSPS) is 14.6. The van der Waals surface area contributed by atoms with Crippen molar-refractivity contribution in [3.05, 3.63) is 0 Å². The van der Waals surface area contributed by atoms with Crippen molar-refractivity contribution in [3.8, 4) is 0 Å². The molecule has 1 atom stereocenters. The summed E-state index contributed by atoms with van der Waals surface area (Å²) in [4.78, 5) is 0. The minimum atomic E-state index is 0.0662. The second-order valence-corrected chi connectivity index (χ2v) is 9.19. The summed E-state index contributed by atoms with van der Waals surface area (Å²) in [7, 11) is 4.22. The van der Waals surface area contributed by atoms with Gasteiger partial charge in [-0.2, -0.15) is 0 Å². The molecule has 3 heteroatoms. The standard InChI is InChI=1S/C2H6IPS/c1-2-5(3)4/h5H,2H2,1H3. The molecule has 0 spiro atoms. The summed E-state index contributed by atoms with van der Waals surface area (Å²) < 4.78 is 0. The van der Waals surface area contributed by atoms with Gasteiger partial charge in [-0.1, -0.05) is 0 Å². The van der Waals surface area contributed by atoms with E-state index in [9.17, 15) is 0 Å². The van der Waals surface area contributed by atoms with Crippen molar-refractivity contribution in [1.29, 1.82) is 0 Å². The Kier molecular flexibility index (Phi) is 4.81. The fourth-order valence-electron chi connectivity index (χ4n) is 0. The van der Waals surface area contributed by atoms with Crippen LogP contribution in [-0.4, -0.2) is 5.75 Å². The zero-order valence-electron chi connectivity index (χ0n) is 2.98. The van der Waals surface area contributed by atoms with Crippen LogP contribution in [0.1, 0.15) is 6.92 Å². The van der Waals surface area contributed by atoms with Crippen LogP contribution in [0.15, 0.2) is 0 Å². The van der Waals surface area contributed by atoms with E-state index in [4.69, 9.17) is 0 Å². The quantitative estimate of drug-likeness (QED) is 0.362. The predicted octanol–water partition coefficient (Wildman–Crippen LogP) is 2.68. The first-order chi connectivity index (χ1) is 2.27. The zero-order chi connectivity index (χ0) is 4.28. The van der Waals surface area contributed by atoms with Gasteiger partial charge in [0.05, 0.1) is 0 Å². The number of hydrogen-bond acceptors (Lipinski definition) is 0. The summed E-state index contributed by atoms with van der Waals surface area (Å²) in [5.41, 5.74) is 0. The van der Waals surface area contributed by atoms with E-state index in [1.807, 2.05) is 0 Å². The summed E-state index contributed by atoms with van der Waals surface area (Å²) in [6.45, 7) is 2.14. The Labute approximate surface area is 48.7 Å². The van der Waals surface area contributed by atoms with E-state index >= 15 is 0 Å². The Hall–Kier alpha value is 1.51. The number of hydrogen-bond donors (Lipinski definition) is 1. The van der Waals surface area contributed by atoms with Crippen molar-refractivity contribution in [3.63, 3.8) is 0 Å². The molecule has 0 amide bonds. The predicted molar refractivity (Wildman–Crippen MR) is 40.5 cm³/mol. The van der Waals surface area contributed by atoms with Gasteiger partial charge in [0.25, 0.3) is 0 Å². The van der Waals surface area contributed by atoms with Crippen LogP contribution < -0.4 is 0 Å². The Morgan fingerprint density at radius 2 is 2.20 bits per heavy atom. The third-order valence-corrected chi connectivity index (χ3v) is 3.68. The molecular weight excluding hydrogens is 214 g/mol. The van der Waals surface area contributed by atoms with E-state index in [1.54, 1.807) is 0 Å². The van der Waals surface area contributed by atoms with E-state index in [-0.39, 0.29) is 7.04 Å². The summed E-state index contributed by atoms with van der Waals surface area (Å²) in [6, 6.07) is 0. The number of halogens is 1. The second kappa shape index (κ2) is 3.69. The maximum atomic E-state index is 4.15. The zero-order valence-corrected chi connectivity index (χ0v) is 6.93. The van der Waals surface area contributed by atoms with Crippen molar-refractivity contribution >= 4 is 36.1 Å². The Morgan fingerprint density at radius 3 is 2.20 bits per heavy atom. The average molecular weight is 220 g/mol. The van der Waals surface area contributed by atoms with Gasteiger partial charge in [0.2, 0.25) is 0 Å². The molecule has 0 bridgehead atoms. The molecule has 0 rings (SSSR count). The molecule has 0 aromatic rings. The molecule has 0 aliphatic carbocycles. The first-order valence-corrected chi connectivity index (χ1v) is 6.86. The fourth-order valence-corrected chi connectivity index (χ4v) is 0. The first kappa shape index (κ1) is 6.51. The molecule has 0 fully saturated rings. The minimum absolute atomic E-state index is 0.0662. The third kappa shape index (κ3) is 5.51. The molecule has 0 aliphatic rings. The van der Waals surface area contributed by atoms with Gasteiger partial charge in [-0.05, 0) is 0 Å². The molecule has 0 nitrogen and oxygen atoms in total. The average Bonchev–Trinajstić information content (AvgIpc) is 1.38. The van der Waals surface area contributed by atoms with Crippen LogP contribution in [0.2, 0.25) is 0 Å². The summed E-state index contributed by atoms with van der Waals surface area (Å²) in [5, 5.41) is 0. The van der Waals surface area contributed by atoms with Crippen LogP contribution in [0, 0.1) is 0 Å². The van der Waals surface area contributed by atoms with Gasteiger partial charge >= 0.3 is 48.7 Å². The van der Waals surface area contributed by atoms with Crippen molar-refractivity contribution in [1.82, 2.24) is 0 Å². The third-order valence-electron chi connectivity index (χ3n) is 0.261. The monoisotopic (exact) mass is 220 g/mol. The van der Waals surface area contributed by atoms with E-state index < -0.39 is 0 Å². The molecule has 32 valence electrons. The van der Waals surface area contributed by atoms with Crippen LogP contribution in [-0.2, 0) is 0 Å². The van der Waals surface area contributed by atoms with E-state index in [2.05, 4.69) is 35.9 Å². The molecule has 1 unspecified atom stereocenters. The van der Waals surface area contributed by atoms with E-state index in [1.165, 1.54) is 5.75 Å². The Balaban J connectivity index is 2.97. The molecule has 0 saturated heterocycles. The van der Waals surface area contributed by atoms with Gasteiger partial charge in [-0.3, -0.25) is 0 Å². The summed E-state index contributed by atoms with van der Waals surface area (Å²) >= 11 is 2.34. The summed E-state index contributed by atoms with van der Waals surface area (Å²) in [5.74, 6) is 1.22. The molecule has 0 aromatic heterocycles. The van der Waals surface area contributed by atoms with Gasteiger partial charge in [-0.15, -0.1) is 0 Å². The molecule has 0 aliphatic heterocycles.